The Morgan fingerprint density at radius 1 is 1.46 bits per heavy atom. The predicted octanol–water partition coefficient (Wildman–Crippen LogP) is 2.17. The average molecular weight is 198 g/mol. The molecule has 0 radical (unpaired) electrons. The van der Waals surface area contributed by atoms with E-state index in [1.807, 2.05) is 30.5 Å². The topological polar surface area (TPSA) is 29.5 Å². The maximum Gasteiger partial charge on any atom is 0.132 e. The summed E-state index contributed by atoms with van der Waals surface area (Å²) in [5, 5.41) is 9.05. The number of aliphatic hydroxyl groups is 1. The second kappa shape index (κ2) is 5.14. The van der Waals surface area contributed by atoms with E-state index < -0.39 is 6.10 Å². The minimum absolute atomic E-state index is 0.345. The summed E-state index contributed by atoms with van der Waals surface area (Å²) < 4.78 is 5.42. The van der Waals surface area contributed by atoms with Crippen LogP contribution in [0.15, 0.2) is 29.2 Å². The molecule has 1 rings (SSSR count). The molecule has 0 saturated heterocycles. The highest BCUT2D eigenvalue weighted by molar-refractivity contribution is 7.98. The number of aliphatic hydroxyl groups excluding tert-OH is 1. The van der Waals surface area contributed by atoms with Crippen LogP contribution in [0.5, 0.6) is 5.75 Å². The monoisotopic (exact) mass is 198 g/mol. The van der Waals surface area contributed by atoms with E-state index in [9.17, 15) is 0 Å². The number of thioether (sulfide) groups is 1. The molecule has 0 aliphatic carbocycles. The van der Waals surface area contributed by atoms with Gasteiger partial charge >= 0.3 is 0 Å². The zero-order valence-corrected chi connectivity index (χ0v) is 8.67. The van der Waals surface area contributed by atoms with Gasteiger partial charge in [-0.3, -0.25) is 0 Å². The Morgan fingerprint density at radius 2 is 2.15 bits per heavy atom. The largest absolute Gasteiger partial charge is 0.490 e. The molecular weight excluding hydrogens is 184 g/mol. The van der Waals surface area contributed by atoms with Crippen molar-refractivity contribution in [3.05, 3.63) is 24.3 Å². The maximum atomic E-state index is 9.05. The zero-order valence-electron chi connectivity index (χ0n) is 7.86. The Morgan fingerprint density at radius 3 is 2.77 bits per heavy atom. The third kappa shape index (κ3) is 3.28. The van der Waals surface area contributed by atoms with Crippen molar-refractivity contribution in [1.29, 1.82) is 0 Å². The molecule has 1 N–H and O–H groups in total. The van der Waals surface area contributed by atoms with Crippen LogP contribution in [0.4, 0.5) is 0 Å². The van der Waals surface area contributed by atoms with Gasteiger partial charge in [-0.1, -0.05) is 12.1 Å². The Bertz CT molecular complexity index is 261. The summed E-state index contributed by atoms with van der Waals surface area (Å²) in [6.07, 6.45) is 1.58. The standard InChI is InChI=1S/C10H14O2S/c1-8(11)7-12-9-5-3-4-6-10(9)13-2/h3-6,8,11H,7H2,1-2H3/t8-/m0/s1. The second-order valence-electron chi connectivity index (χ2n) is 2.81. The first-order valence-corrected chi connectivity index (χ1v) is 5.40. The van der Waals surface area contributed by atoms with Crippen molar-refractivity contribution in [3.63, 3.8) is 0 Å². The minimum Gasteiger partial charge on any atom is -0.490 e. The van der Waals surface area contributed by atoms with Crippen molar-refractivity contribution >= 4 is 11.8 Å². The molecule has 0 unspecified atom stereocenters. The fourth-order valence-corrected chi connectivity index (χ4v) is 1.49. The summed E-state index contributed by atoms with van der Waals surface area (Å²) >= 11 is 1.64. The van der Waals surface area contributed by atoms with Crippen LogP contribution in [0, 0.1) is 0 Å². The molecule has 1 atom stereocenters. The van der Waals surface area contributed by atoms with E-state index >= 15 is 0 Å². The third-order valence-electron chi connectivity index (χ3n) is 1.55. The van der Waals surface area contributed by atoms with Crippen LogP contribution < -0.4 is 4.74 Å². The quantitative estimate of drug-likeness (QED) is 0.752. The molecule has 13 heavy (non-hydrogen) atoms. The first-order chi connectivity index (χ1) is 6.24. The van der Waals surface area contributed by atoms with E-state index in [2.05, 4.69) is 0 Å². The lowest BCUT2D eigenvalue weighted by atomic mass is 10.3. The molecule has 0 bridgehead atoms. The van der Waals surface area contributed by atoms with Gasteiger partial charge in [-0.15, -0.1) is 11.8 Å². The van der Waals surface area contributed by atoms with Gasteiger partial charge in [0.2, 0.25) is 0 Å². The lowest BCUT2D eigenvalue weighted by Gasteiger charge is -2.10. The molecule has 72 valence electrons. The second-order valence-corrected chi connectivity index (χ2v) is 3.66. The number of ether oxygens (including phenoxy) is 1. The van der Waals surface area contributed by atoms with Gasteiger partial charge in [-0.05, 0) is 25.3 Å². The first-order valence-electron chi connectivity index (χ1n) is 4.18. The van der Waals surface area contributed by atoms with Gasteiger partial charge in [0.25, 0.3) is 0 Å². The normalized spacial score (nSPS) is 12.5. The Kier molecular flexibility index (Phi) is 4.12. The fourth-order valence-electron chi connectivity index (χ4n) is 0.948. The molecule has 0 heterocycles. The van der Waals surface area contributed by atoms with E-state index in [-0.39, 0.29) is 0 Å². The number of para-hydroxylation sites is 1. The highest BCUT2D eigenvalue weighted by Crippen LogP contribution is 2.26. The van der Waals surface area contributed by atoms with Gasteiger partial charge in [-0.25, -0.2) is 0 Å². The number of hydrogen-bond acceptors (Lipinski definition) is 3. The predicted molar refractivity (Wildman–Crippen MR) is 55.4 cm³/mol. The molecule has 0 amide bonds. The summed E-state index contributed by atoms with van der Waals surface area (Å²) in [6, 6.07) is 7.81. The van der Waals surface area contributed by atoms with Crippen LogP contribution in [-0.2, 0) is 0 Å². The van der Waals surface area contributed by atoms with Crippen LogP contribution >= 0.6 is 11.8 Å². The maximum absolute atomic E-state index is 9.05. The molecular formula is C10H14O2S. The molecule has 1 aromatic carbocycles. The Balaban J connectivity index is 2.64. The minimum atomic E-state index is -0.421. The number of rotatable bonds is 4. The fraction of sp³-hybridized carbons (Fsp3) is 0.400. The van der Waals surface area contributed by atoms with Gasteiger partial charge in [-0.2, -0.15) is 0 Å². The van der Waals surface area contributed by atoms with Gasteiger partial charge in [0, 0.05) is 4.90 Å². The molecule has 1 aromatic rings. The smallest absolute Gasteiger partial charge is 0.132 e. The SMILES string of the molecule is CSc1ccccc1OC[C@H](C)O. The average Bonchev–Trinajstić information content (AvgIpc) is 2.15. The summed E-state index contributed by atoms with van der Waals surface area (Å²) in [5.74, 6) is 0.843. The molecule has 0 aliphatic heterocycles. The van der Waals surface area contributed by atoms with Crippen LogP contribution in [0.25, 0.3) is 0 Å². The summed E-state index contributed by atoms with van der Waals surface area (Å²) in [6.45, 7) is 2.05. The molecule has 2 nitrogen and oxygen atoms in total. The van der Waals surface area contributed by atoms with Gasteiger partial charge < -0.3 is 9.84 Å². The van der Waals surface area contributed by atoms with E-state index in [1.165, 1.54) is 0 Å². The molecule has 0 spiro atoms. The highest BCUT2D eigenvalue weighted by Gasteiger charge is 2.02. The molecule has 3 heteroatoms. The summed E-state index contributed by atoms with van der Waals surface area (Å²) in [4.78, 5) is 1.10. The van der Waals surface area contributed by atoms with E-state index in [4.69, 9.17) is 9.84 Å². The summed E-state index contributed by atoms with van der Waals surface area (Å²) in [5.41, 5.74) is 0. The summed E-state index contributed by atoms with van der Waals surface area (Å²) in [7, 11) is 0. The zero-order chi connectivity index (χ0) is 9.68. The lowest BCUT2D eigenvalue weighted by Crippen LogP contribution is -2.12. The van der Waals surface area contributed by atoms with Gasteiger partial charge in [0.15, 0.2) is 0 Å². The van der Waals surface area contributed by atoms with Crippen molar-refractivity contribution in [3.8, 4) is 5.75 Å². The van der Waals surface area contributed by atoms with Crippen molar-refractivity contribution < 1.29 is 9.84 Å². The van der Waals surface area contributed by atoms with E-state index in [0.717, 1.165) is 10.6 Å². The van der Waals surface area contributed by atoms with Crippen LogP contribution in [0.2, 0.25) is 0 Å². The molecule has 0 aromatic heterocycles. The van der Waals surface area contributed by atoms with Crippen molar-refractivity contribution in [2.24, 2.45) is 0 Å². The number of benzene rings is 1. The van der Waals surface area contributed by atoms with Gasteiger partial charge in [0.05, 0.1) is 6.10 Å². The highest BCUT2D eigenvalue weighted by atomic mass is 32.2. The van der Waals surface area contributed by atoms with Gasteiger partial charge in [0.1, 0.15) is 12.4 Å². The third-order valence-corrected chi connectivity index (χ3v) is 2.33. The van der Waals surface area contributed by atoms with Crippen LogP contribution in [0.1, 0.15) is 6.92 Å². The van der Waals surface area contributed by atoms with Crippen molar-refractivity contribution in [1.82, 2.24) is 0 Å². The molecule has 0 saturated carbocycles. The van der Waals surface area contributed by atoms with Crippen LogP contribution in [0.3, 0.4) is 0 Å². The lowest BCUT2D eigenvalue weighted by molar-refractivity contribution is 0.121. The Hall–Kier alpha value is -0.670. The molecule has 0 fully saturated rings. The van der Waals surface area contributed by atoms with Crippen molar-refractivity contribution in [2.45, 2.75) is 17.9 Å². The van der Waals surface area contributed by atoms with Crippen molar-refractivity contribution in [2.75, 3.05) is 12.9 Å². The van der Waals surface area contributed by atoms with E-state index in [1.54, 1.807) is 18.7 Å². The van der Waals surface area contributed by atoms with Crippen LogP contribution in [-0.4, -0.2) is 24.1 Å². The first kappa shape index (κ1) is 10.4. The van der Waals surface area contributed by atoms with E-state index in [0.29, 0.717) is 6.61 Å². The Labute approximate surface area is 82.9 Å². The molecule has 0 aliphatic rings. The number of hydrogen-bond donors (Lipinski definition) is 1.